The molecule has 3 nitrogen and oxygen atoms in total. The molecule has 0 aliphatic carbocycles. The van der Waals surface area contributed by atoms with E-state index in [2.05, 4.69) is 9.98 Å². The van der Waals surface area contributed by atoms with Crippen LogP contribution in [-0.4, -0.2) is 12.4 Å². The molecule has 3 rings (SSSR count). The van der Waals surface area contributed by atoms with Crippen LogP contribution in [-0.2, 0) is 13.1 Å². The minimum absolute atomic E-state index is 0.194. The van der Waals surface area contributed by atoms with E-state index in [9.17, 15) is 0 Å². The normalized spacial score (nSPS) is 11.1. The Hall–Kier alpha value is -1.84. The summed E-state index contributed by atoms with van der Waals surface area (Å²) in [5.41, 5.74) is 4.16. The summed E-state index contributed by atoms with van der Waals surface area (Å²) in [5, 5.41) is 0. The van der Waals surface area contributed by atoms with E-state index < -0.39 is 0 Å². The molecule has 3 aromatic rings. The molecule has 0 saturated carbocycles. The first-order valence-electron chi connectivity index (χ1n) is 7.78. The van der Waals surface area contributed by atoms with Crippen molar-refractivity contribution in [2.75, 3.05) is 0 Å². The standard InChI is InChI=1S/C20H18N2O.2ClH.Fe/c1-15-7-3-5-9-19(15)21-13-17-11-12-18(23-17)14-22-20-10-6-4-8-16(20)2;;;/h3-14H,1-2H3;2*1H;/q;;;+2/p-2. The van der Waals surface area contributed by atoms with Gasteiger partial charge in [-0.05, 0) is 49.2 Å². The van der Waals surface area contributed by atoms with E-state index in [0.29, 0.717) is 11.5 Å². The van der Waals surface area contributed by atoms with Gasteiger partial charge in [-0.2, -0.15) is 0 Å². The Morgan fingerprint density at radius 2 is 1.12 bits per heavy atom. The topological polar surface area (TPSA) is 37.9 Å². The van der Waals surface area contributed by atoms with Crippen LogP contribution in [0.4, 0.5) is 11.4 Å². The molecular formula is C20H18Cl2FeN2O. The zero-order chi connectivity index (χ0) is 18.8. The summed E-state index contributed by atoms with van der Waals surface area (Å²) in [5.74, 6) is 1.42. The monoisotopic (exact) mass is 428 g/mol. The Morgan fingerprint density at radius 3 is 1.50 bits per heavy atom. The van der Waals surface area contributed by atoms with Crippen LogP contribution in [0.1, 0.15) is 22.6 Å². The van der Waals surface area contributed by atoms with Crippen LogP contribution in [0.5, 0.6) is 0 Å². The van der Waals surface area contributed by atoms with Gasteiger partial charge in [-0.3, -0.25) is 9.98 Å². The second kappa shape index (κ2) is 11.0. The molecule has 0 amide bonds. The first-order valence-corrected chi connectivity index (χ1v) is 10.8. The van der Waals surface area contributed by atoms with E-state index in [4.69, 9.17) is 24.6 Å². The van der Waals surface area contributed by atoms with Crippen molar-refractivity contribution in [1.29, 1.82) is 0 Å². The predicted octanol–water partition coefficient (Wildman–Crippen LogP) is 6.77. The molecule has 0 radical (unpaired) electrons. The number of aliphatic imine (C=N–C) groups is 2. The van der Waals surface area contributed by atoms with Crippen molar-refractivity contribution in [3.8, 4) is 0 Å². The summed E-state index contributed by atoms with van der Waals surface area (Å²) in [6.07, 6.45) is 3.46. The average molecular weight is 429 g/mol. The zero-order valence-electron chi connectivity index (χ0n) is 14.3. The molecule has 0 bridgehead atoms. The summed E-state index contributed by atoms with van der Waals surface area (Å²) in [4.78, 5) is 8.92. The van der Waals surface area contributed by atoms with Gasteiger partial charge >= 0.3 is 33.3 Å². The van der Waals surface area contributed by atoms with Gasteiger partial charge in [-0.25, -0.2) is 0 Å². The van der Waals surface area contributed by atoms with Crippen molar-refractivity contribution in [2.45, 2.75) is 13.8 Å². The number of rotatable bonds is 4. The molecule has 0 unspecified atom stereocenters. The molecule has 1 aromatic heterocycles. The van der Waals surface area contributed by atoms with Gasteiger partial charge in [0.1, 0.15) is 11.5 Å². The molecule has 0 spiro atoms. The van der Waals surface area contributed by atoms with E-state index in [0.717, 1.165) is 22.5 Å². The van der Waals surface area contributed by atoms with Crippen molar-refractivity contribution >= 4 is 44.0 Å². The third-order valence-corrected chi connectivity index (χ3v) is 3.54. The molecule has 1 heterocycles. The van der Waals surface area contributed by atoms with Crippen LogP contribution < -0.4 is 0 Å². The molecule has 0 fully saturated rings. The van der Waals surface area contributed by atoms with Gasteiger partial charge in [0.05, 0.1) is 23.8 Å². The Bertz CT molecular complexity index is 821. The molecule has 0 aliphatic rings. The summed E-state index contributed by atoms with van der Waals surface area (Å²) in [6, 6.07) is 19.8. The second-order valence-corrected chi connectivity index (χ2v) is 7.20. The summed E-state index contributed by atoms with van der Waals surface area (Å²) in [7, 11) is 9.53. The van der Waals surface area contributed by atoms with Crippen molar-refractivity contribution < 1.29 is 17.6 Å². The third-order valence-electron chi connectivity index (χ3n) is 3.54. The van der Waals surface area contributed by atoms with Crippen molar-refractivity contribution in [2.24, 2.45) is 9.98 Å². The Morgan fingerprint density at radius 1 is 0.731 bits per heavy atom. The molecule has 0 atom stereocenters. The van der Waals surface area contributed by atoms with Gasteiger partial charge in [0.25, 0.3) is 0 Å². The van der Waals surface area contributed by atoms with Crippen LogP contribution in [0.2, 0.25) is 0 Å². The van der Waals surface area contributed by atoms with Gasteiger partial charge in [0.15, 0.2) is 0 Å². The third kappa shape index (κ3) is 6.47. The van der Waals surface area contributed by atoms with Crippen LogP contribution in [0.3, 0.4) is 0 Å². The van der Waals surface area contributed by atoms with E-state index in [1.807, 2.05) is 74.5 Å². The molecule has 0 aliphatic heterocycles. The number of furan rings is 1. The maximum absolute atomic E-state index is 5.71. The molecule has 136 valence electrons. The average Bonchev–Trinajstić information content (AvgIpc) is 3.09. The predicted molar refractivity (Wildman–Crippen MR) is 107 cm³/mol. The SMILES string of the molecule is Cc1ccccc1N=Cc1ccc(C=Nc2ccccc2C)o1.[Cl][Fe][Cl]. The van der Waals surface area contributed by atoms with Crippen LogP contribution in [0, 0.1) is 13.8 Å². The Labute approximate surface area is 168 Å². The minimum atomic E-state index is 0.194. The van der Waals surface area contributed by atoms with Crippen LogP contribution >= 0.6 is 20.2 Å². The van der Waals surface area contributed by atoms with E-state index in [1.165, 1.54) is 0 Å². The molecule has 0 N–H and O–H groups in total. The van der Waals surface area contributed by atoms with Gasteiger partial charge in [0.2, 0.25) is 0 Å². The quantitative estimate of drug-likeness (QED) is 0.333. The first-order chi connectivity index (χ1) is 12.6. The molecule has 2 aromatic carbocycles. The van der Waals surface area contributed by atoms with Gasteiger partial charge in [-0.15, -0.1) is 0 Å². The molecule has 6 heteroatoms. The Balaban J connectivity index is 0.000000758. The second-order valence-electron chi connectivity index (χ2n) is 5.38. The van der Waals surface area contributed by atoms with E-state index in [1.54, 1.807) is 12.4 Å². The van der Waals surface area contributed by atoms with Gasteiger partial charge < -0.3 is 4.42 Å². The van der Waals surface area contributed by atoms with Gasteiger partial charge in [-0.1, -0.05) is 36.4 Å². The number of nitrogens with zero attached hydrogens (tertiary/aromatic N) is 2. The number of halogens is 2. The van der Waals surface area contributed by atoms with Crippen molar-refractivity contribution in [1.82, 2.24) is 0 Å². The number of benzene rings is 2. The number of hydrogen-bond acceptors (Lipinski definition) is 3. The summed E-state index contributed by atoms with van der Waals surface area (Å²) < 4.78 is 5.71. The number of aryl methyl sites for hydroxylation is 2. The van der Waals surface area contributed by atoms with E-state index in [-0.39, 0.29) is 13.1 Å². The fraction of sp³-hybridized carbons (Fsp3) is 0.100. The Kier molecular flexibility index (Phi) is 8.66. The van der Waals surface area contributed by atoms with Crippen LogP contribution in [0.15, 0.2) is 75.1 Å². The van der Waals surface area contributed by atoms with Crippen molar-refractivity contribution in [3.05, 3.63) is 83.3 Å². The maximum atomic E-state index is 5.71. The van der Waals surface area contributed by atoms with E-state index >= 15 is 0 Å². The van der Waals surface area contributed by atoms with Crippen molar-refractivity contribution in [3.63, 3.8) is 0 Å². The fourth-order valence-electron chi connectivity index (χ4n) is 2.19. The number of hydrogen-bond donors (Lipinski definition) is 0. The fourth-order valence-corrected chi connectivity index (χ4v) is 2.19. The first kappa shape index (κ1) is 20.5. The summed E-state index contributed by atoms with van der Waals surface area (Å²) >= 11 is 0.194. The molecule has 26 heavy (non-hydrogen) atoms. The zero-order valence-corrected chi connectivity index (χ0v) is 17.0. The summed E-state index contributed by atoms with van der Waals surface area (Å²) in [6.45, 7) is 4.07. The number of para-hydroxylation sites is 2. The molecular weight excluding hydrogens is 411 g/mol. The van der Waals surface area contributed by atoms with Crippen LogP contribution in [0.25, 0.3) is 0 Å². The van der Waals surface area contributed by atoms with Gasteiger partial charge in [0, 0.05) is 0 Å². The molecule has 0 saturated heterocycles.